The molecule has 2 heterocycles. The number of aromatic nitrogens is 1. The Morgan fingerprint density at radius 1 is 1.33 bits per heavy atom. The van der Waals surface area contributed by atoms with Crippen LogP contribution >= 0.6 is 0 Å². The van der Waals surface area contributed by atoms with Gasteiger partial charge in [-0.3, -0.25) is 4.98 Å². The van der Waals surface area contributed by atoms with E-state index in [1.807, 2.05) is 46.8 Å². The summed E-state index contributed by atoms with van der Waals surface area (Å²) in [6.07, 6.45) is 4.25. The lowest BCUT2D eigenvalue weighted by Crippen LogP contribution is -2.50. The number of nitrogens with zero attached hydrogens (tertiary/aromatic N) is 1. The molecule has 0 aromatic carbocycles. The van der Waals surface area contributed by atoms with Crippen LogP contribution in [0, 0.1) is 0 Å². The molecule has 1 fully saturated rings. The first-order valence-electron chi connectivity index (χ1n) is 7.37. The molecule has 0 bridgehead atoms. The number of hydrogen-bond donors (Lipinski definition) is 2. The van der Waals surface area contributed by atoms with Gasteiger partial charge in [-0.15, -0.1) is 0 Å². The minimum atomic E-state index is -0.360. The fourth-order valence-corrected chi connectivity index (χ4v) is 2.92. The van der Waals surface area contributed by atoms with Gasteiger partial charge in [-0.25, -0.2) is 4.79 Å². The summed E-state index contributed by atoms with van der Waals surface area (Å²) in [5.41, 5.74) is 0.459. The van der Waals surface area contributed by atoms with Crippen LogP contribution < -0.4 is 10.6 Å². The quantitative estimate of drug-likeness (QED) is 0.900. The molecule has 0 aliphatic carbocycles. The molecule has 1 saturated heterocycles. The van der Waals surface area contributed by atoms with E-state index in [1.165, 1.54) is 0 Å². The number of ether oxygens (including phenoxy) is 1. The fourth-order valence-electron chi connectivity index (χ4n) is 2.92. The maximum Gasteiger partial charge on any atom is 0.315 e. The molecule has 1 aliphatic rings. The van der Waals surface area contributed by atoms with Gasteiger partial charge in [0.2, 0.25) is 0 Å². The molecule has 5 nitrogen and oxygen atoms in total. The van der Waals surface area contributed by atoms with Gasteiger partial charge in [-0.1, -0.05) is 0 Å². The number of nitrogens with one attached hydrogen (secondary N) is 2. The number of carbonyl (C=O) groups is 1. The van der Waals surface area contributed by atoms with Crippen molar-refractivity contribution in [2.75, 3.05) is 0 Å². The van der Waals surface area contributed by atoms with Crippen molar-refractivity contribution in [3.8, 4) is 0 Å². The molecule has 2 N–H and O–H groups in total. The third-order valence-electron chi connectivity index (χ3n) is 3.93. The van der Waals surface area contributed by atoms with Crippen LogP contribution in [-0.4, -0.2) is 28.3 Å². The van der Waals surface area contributed by atoms with E-state index < -0.39 is 0 Å². The lowest BCUT2D eigenvalue weighted by molar-refractivity contribution is -0.0690. The Morgan fingerprint density at radius 2 is 1.95 bits per heavy atom. The van der Waals surface area contributed by atoms with Gasteiger partial charge < -0.3 is 15.4 Å². The molecule has 5 heteroatoms. The highest BCUT2D eigenvalue weighted by molar-refractivity contribution is 5.75. The molecule has 1 aliphatic heterocycles. The summed E-state index contributed by atoms with van der Waals surface area (Å²) in [5, 5.41) is 5.99. The summed E-state index contributed by atoms with van der Waals surface area (Å²) < 4.78 is 5.99. The molecule has 1 aromatic rings. The van der Waals surface area contributed by atoms with Crippen molar-refractivity contribution in [1.29, 1.82) is 0 Å². The van der Waals surface area contributed by atoms with Crippen LogP contribution in [0.25, 0.3) is 0 Å². The Morgan fingerprint density at radius 3 is 2.48 bits per heavy atom. The molecule has 21 heavy (non-hydrogen) atoms. The average Bonchev–Trinajstić information content (AvgIpc) is 2.57. The van der Waals surface area contributed by atoms with Crippen LogP contribution in [0.4, 0.5) is 4.79 Å². The third kappa shape index (κ3) is 3.94. The predicted molar refractivity (Wildman–Crippen MR) is 82.0 cm³/mol. The Labute approximate surface area is 126 Å². The van der Waals surface area contributed by atoms with E-state index in [4.69, 9.17) is 4.74 Å². The van der Waals surface area contributed by atoms with Crippen molar-refractivity contribution in [1.82, 2.24) is 15.6 Å². The molecule has 0 spiro atoms. The SMILES string of the molecule is CC(NC(=O)NC1CC(C)(C)OC1(C)C)c1ccncc1. The minimum absolute atomic E-state index is 0.00265. The number of amides is 2. The van der Waals surface area contributed by atoms with Crippen LogP contribution in [0.5, 0.6) is 0 Å². The van der Waals surface area contributed by atoms with Crippen LogP contribution in [0.2, 0.25) is 0 Å². The van der Waals surface area contributed by atoms with E-state index in [2.05, 4.69) is 15.6 Å². The molecule has 2 rings (SSSR count). The maximum atomic E-state index is 12.2. The van der Waals surface area contributed by atoms with E-state index in [1.54, 1.807) is 12.4 Å². The fraction of sp³-hybridized carbons (Fsp3) is 0.625. The zero-order valence-corrected chi connectivity index (χ0v) is 13.4. The number of hydrogen-bond acceptors (Lipinski definition) is 3. The van der Waals surface area contributed by atoms with Crippen molar-refractivity contribution in [3.05, 3.63) is 30.1 Å². The van der Waals surface area contributed by atoms with Gasteiger partial charge in [0.05, 0.1) is 23.3 Å². The monoisotopic (exact) mass is 291 g/mol. The number of urea groups is 1. The van der Waals surface area contributed by atoms with Crippen molar-refractivity contribution < 1.29 is 9.53 Å². The second kappa shape index (κ2) is 5.64. The third-order valence-corrected chi connectivity index (χ3v) is 3.93. The van der Waals surface area contributed by atoms with Crippen molar-refractivity contribution in [2.45, 2.75) is 64.3 Å². The smallest absolute Gasteiger partial charge is 0.315 e. The summed E-state index contributed by atoms with van der Waals surface area (Å²) in [6.45, 7) is 10.1. The predicted octanol–water partition coefficient (Wildman–Crippen LogP) is 2.79. The van der Waals surface area contributed by atoms with E-state index in [9.17, 15) is 4.79 Å². The highest BCUT2D eigenvalue weighted by Gasteiger charge is 2.46. The van der Waals surface area contributed by atoms with Crippen molar-refractivity contribution in [3.63, 3.8) is 0 Å². The molecule has 2 unspecified atom stereocenters. The average molecular weight is 291 g/mol. The van der Waals surface area contributed by atoms with Crippen LogP contribution in [0.15, 0.2) is 24.5 Å². The minimum Gasteiger partial charge on any atom is -0.367 e. The van der Waals surface area contributed by atoms with E-state index in [0.29, 0.717) is 0 Å². The summed E-state index contributed by atoms with van der Waals surface area (Å²) in [4.78, 5) is 16.2. The van der Waals surface area contributed by atoms with Crippen LogP contribution in [0.3, 0.4) is 0 Å². The van der Waals surface area contributed by atoms with Gasteiger partial charge in [0, 0.05) is 12.4 Å². The van der Waals surface area contributed by atoms with Crippen LogP contribution in [-0.2, 0) is 4.74 Å². The number of carbonyl (C=O) groups excluding carboxylic acids is 1. The first-order chi connectivity index (χ1) is 9.70. The molecule has 2 atom stereocenters. The highest BCUT2D eigenvalue weighted by atomic mass is 16.5. The highest BCUT2D eigenvalue weighted by Crippen LogP contribution is 2.37. The van der Waals surface area contributed by atoms with Gasteiger partial charge in [0.1, 0.15) is 0 Å². The Hall–Kier alpha value is -1.62. The normalized spacial score (nSPS) is 24.3. The maximum absolute atomic E-state index is 12.2. The zero-order chi connectivity index (χ0) is 15.7. The zero-order valence-electron chi connectivity index (χ0n) is 13.4. The standard InChI is InChI=1S/C16H25N3O2/c1-11(12-6-8-17-9-7-12)18-14(20)19-13-10-15(2,3)21-16(13,4)5/h6-9,11,13H,10H2,1-5H3,(H2,18,19,20). The number of rotatable bonds is 3. The topological polar surface area (TPSA) is 63.2 Å². The molecular weight excluding hydrogens is 266 g/mol. The van der Waals surface area contributed by atoms with Crippen LogP contribution in [0.1, 0.15) is 52.6 Å². The largest absolute Gasteiger partial charge is 0.367 e. The summed E-state index contributed by atoms with van der Waals surface area (Å²) in [6, 6.07) is 3.56. The summed E-state index contributed by atoms with van der Waals surface area (Å²) in [7, 11) is 0. The Bertz CT molecular complexity index is 500. The lowest BCUT2D eigenvalue weighted by atomic mass is 9.94. The molecule has 116 valence electrons. The van der Waals surface area contributed by atoms with Gasteiger partial charge in [0.25, 0.3) is 0 Å². The Kier molecular flexibility index (Phi) is 4.23. The molecule has 0 saturated carbocycles. The van der Waals surface area contributed by atoms with E-state index in [-0.39, 0.29) is 29.3 Å². The van der Waals surface area contributed by atoms with E-state index >= 15 is 0 Å². The molecule has 2 amide bonds. The van der Waals surface area contributed by atoms with Crippen molar-refractivity contribution >= 4 is 6.03 Å². The molecule has 0 radical (unpaired) electrons. The van der Waals surface area contributed by atoms with Gasteiger partial charge in [-0.2, -0.15) is 0 Å². The summed E-state index contributed by atoms with van der Waals surface area (Å²) in [5.74, 6) is 0. The van der Waals surface area contributed by atoms with Gasteiger partial charge in [0.15, 0.2) is 0 Å². The van der Waals surface area contributed by atoms with Crippen molar-refractivity contribution in [2.24, 2.45) is 0 Å². The van der Waals surface area contributed by atoms with E-state index in [0.717, 1.165) is 12.0 Å². The first kappa shape index (κ1) is 15.8. The first-order valence-corrected chi connectivity index (χ1v) is 7.37. The van der Waals surface area contributed by atoms with Gasteiger partial charge in [-0.05, 0) is 58.7 Å². The Balaban J connectivity index is 1.93. The van der Waals surface area contributed by atoms with Gasteiger partial charge >= 0.3 is 6.03 Å². The molecule has 1 aromatic heterocycles. The summed E-state index contributed by atoms with van der Waals surface area (Å²) >= 11 is 0. The number of pyridine rings is 1. The second-order valence-corrected chi connectivity index (χ2v) is 6.84. The second-order valence-electron chi connectivity index (χ2n) is 6.84. The molecular formula is C16H25N3O2. The lowest BCUT2D eigenvalue weighted by Gasteiger charge is -2.28.